The molecule has 12 heteroatoms. The molecule has 0 aromatic heterocycles. The van der Waals surface area contributed by atoms with Crippen LogP contribution in [0.15, 0.2) is 85.1 Å². The van der Waals surface area contributed by atoms with Crippen LogP contribution < -0.4 is 0 Å². The second-order valence-electron chi connectivity index (χ2n) is 18.0. The lowest BCUT2D eigenvalue weighted by molar-refractivity contribution is -0.161. The molecule has 3 atom stereocenters. The van der Waals surface area contributed by atoms with Crippen molar-refractivity contribution < 1.29 is 52.2 Å². The average Bonchev–Trinajstić information content (AvgIpc) is 3.35. The molecule has 3 unspecified atom stereocenters. The highest BCUT2D eigenvalue weighted by Crippen LogP contribution is 2.43. The minimum atomic E-state index is -4.77. The summed E-state index contributed by atoms with van der Waals surface area (Å²) in [5, 5.41) is 9.78. The number of carbonyl (C=O) groups is 3. The van der Waals surface area contributed by atoms with Gasteiger partial charge in [0.25, 0.3) is 0 Å². The van der Waals surface area contributed by atoms with E-state index in [1.54, 1.807) is 0 Å². The molecule has 0 spiro atoms. The second kappa shape index (κ2) is 52.0. The number of rotatable bonds is 50. The molecule has 402 valence electrons. The summed E-state index contributed by atoms with van der Waals surface area (Å²) < 4.78 is 39.3. The number of aliphatic hydroxyl groups is 1. The van der Waals surface area contributed by atoms with Gasteiger partial charge >= 0.3 is 25.7 Å². The Hall–Kier alpha value is -3.34. The second-order valence-corrected chi connectivity index (χ2v) is 19.4. The fourth-order valence-corrected chi connectivity index (χ4v) is 7.99. The van der Waals surface area contributed by atoms with Crippen LogP contribution in [0.5, 0.6) is 0 Å². The molecule has 0 rings (SSSR count). The van der Waals surface area contributed by atoms with Crippen molar-refractivity contribution in [1.82, 2.24) is 0 Å². The quantitative estimate of drug-likeness (QED) is 0.0197. The van der Waals surface area contributed by atoms with Gasteiger partial charge in [0.05, 0.1) is 19.8 Å². The Bertz CT molecular complexity index is 1500. The number of allylic oxidation sites excluding steroid dienone is 14. The first-order chi connectivity index (χ1) is 34.2. The van der Waals surface area contributed by atoms with Crippen molar-refractivity contribution in [3.63, 3.8) is 0 Å². The highest BCUT2D eigenvalue weighted by Gasteiger charge is 2.28. The van der Waals surface area contributed by atoms with Gasteiger partial charge in [0.2, 0.25) is 0 Å². The molecule has 11 nitrogen and oxygen atoms in total. The van der Waals surface area contributed by atoms with E-state index in [0.29, 0.717) is 19.3 Å². The predicted octanol–water partition coefficient (Wildman–Crippen LogP) is 15.9. The summed E-state index contributed by atoms with van der Waals surface area (Å²) in [6.45, 7) is 4.30. The SMILES string of the molecule is CC/C=C\C/C=C\C/C=C\C/C=C\CCC(=O)OCC(COP(=O)(O)OCC(CO)OC(=O)CCCCC/C=C\C/C=C\C/C=C\CC)OC(=O)CCCCCCCCCCCCCCCCCCC. The van der Waals surface area contributed by atoms with Crippen LogP contribution in [0.3, 0.4) is 0 Å². The molecule has 2 N–H and O–H groups in total. The molecule has 0 radical (unpaired) electrons. The predicted molar refractivity (Wildman–Crippen MR) is 288 cm³/mol. The Kier molecular flexibility index (Phi) is 49.5. The monoisotopic (exact) mass is 1000 g/mol. The maximum absolute atomic E-state index is 12.9. The van der Waals surface area contributed by atoms with Gasteiger partial charge in [-0.25, -0.2) is 4.57 Å². The Morgan fingerprint density at radius 2 is 0.771 bits per heavy atom. The van der Waals surface area contributed by atoms with Gasteiger partial charge in [-0.2, -0.15) is 0 Å². The van der Waals surface area contributed by atoms with Crippen LogP contribution in [0.2, 0.25) is 0 Å². The Balaban J connectivity index is 4.81. The zero-order chi connectivity index (χ0) is 51.3. The van der Waals surface area contributed by atoms with Crippen LogP contribution in [0.4, 0.5) is 0 Å². The van der Waals surface area contributed by atoms with E-state index < -0.39 is 57.8 Å². The van der Waals surface area contributed by atoms with E-state index in [9.17, 15) is 28.9 Å². The summed E-state index contributed by atoms with van der Waals surface area (Å²) in [5.74, 6) is -1.59. The van der Waals surface area contributed by atoms with Gasteiger partial charge in [0.15, 0.2) is 6.10 Å². The molecular formula is C58H99O11P. The fourth-order valence-electron chi connectivity index (χ4n) is 7.21. The van der Waals surface area contributed by atoms with Crippen molar-refractivity contribution in [2.45, 2.75) is 238 Å². The topological polar surface area (TPSA) is 155 Å². The van der Waals surface area contributed by atoms with E-state index in [4.69, 9.17) is 23.3 Å². The van der Waals surface area contributed by atoms with Crippen LogP contribution in [0, 0.1) is 0 Å². The van der Waals surface area contributed by atoms with E-state index in [2.05, 4.69) is 93.7 Å². The first-order valence-corrected chi connectivity index (χ1v) is 29.0. The number of hydrogen-bond donors (Lipinski definition) is 2. The third-order valence-corrected chi connectivity index (χ3v) is 12.3. The van der Waals surface area contributed by atoms with Crippen molar-refractivity contribution in [1.29, 1.82) is 0 Å². The first kappa shape index (κ1) is 66.7. The van der Waals surface area contributed by atoms with Crippen LogP contribution in [-0.4, -0.2) is 66.5 Å². The van der Waals surface area contributed by atoms with Crippen LogP contribution in [0.1, 0.15) is 226 Å². The number of hydrogen-bond acceptors (Lipinski definition) is 10. The molecule has 0 aromatic carbocycles. The summed E-state index contributed by atoms with van der Waals surface area (Å²) in [5.41, 5.74) is 0. The maximum Gasteiger partial charge on any atom is 0.472 e. The lowest BCUT2D eigenvalue weighted by atomic mass is 10.0. The molecule has 0 heterocycles. The zero-order valence-corrected chi connectivity index (χ0v) is 45.1. The summed E-state index contributed by atoms with van der Waals surface area (Å²) in [7, 11) is -4.77. The van der Waals surface area contributed by atoms with Gasteiger partial charge in [0, 0.05) is 19.3 Å². The summed E-state index contributed by atoms with van der Waals surface area (Å²) >= 11 is 0. The number of esters is 3. The van der Waals surface area contributed by atoms with Gasteiger partial charge in [0.1, 0.15) is 12.7 Å². The van der Waals surface area contributed by atoms with Crippen molar-refractivity contribution in [2.75, 3.05) is 26.4 Å². The van der Waals surface area contributed by atoms with Crippen LogP contribution in [0.25, 0.3) is 0 Å². The van der Waals surface area contributed by atoms with Gasteiger partial charge < -0.3 is 24.2 Å². The lowest BCUT2D eigenvalue weighted by Crippen LogP contribution is -2.30. The maximum atomic E-state index is 12.9. The van der Waals surface area contributed by atoms with Gasteiger partial charge in [-0.05, 0) is 77.0 Å². The molecule has 0 fully saturated rings. The molecule has 70 heavy (non-hydrogen) atoms. The molecule has 0 saturated heterocycles. The highest BCUT2D eigenvalue weighted by molar-refractivity contribution is 7.47. The number of aliphatic hydroxyl groups excluding tert-OH is 1. The Morgan fingerprint density at radius 1 is 0.414 bits per heavy atom. The van der Waals surface area contributed by atoms with Gasteiger partial charge in [-0.3, -0.25) is 23.4 Å². The Labute approximate surface area is 426 Å². The van der Waals surface area contributed by atoms with Crippen LogP contribution in [-0.2, 0) is 42.2 Å². The van der Waals surface area contributed by atoms with Gasteiger partial charge in [-0.1, -0.05) is 215 Å². The summed E-state index contributed by atoms with van der Waals surface area (Å²) in [6, 6.07) is 0. The minimum Gasteiger partial charge on any atom is -0.462 e. The van der Waals surface area contributed by atoms with Crippen molar-refractivity contribution in [2.24, 2.45) is 0 Å². The van der Waals surface area contributed by atoms with E-state index in [-0.39, 0.29) is 25.9 Å². The number of carbonyl (C=O) groups excluding carboxylic acids is 3. The molecule has 0 aliphatic carbocycles. The largest absolute Gasteiger partial charge is 0.472 e. The molecule has 0 saturated carbocycles. The molecule has 0 aliphatic rings. The summed E-state index contributed by atoms with van der Waals surface area (Å²) in [4.78, 5) is 48.4. The first-order valence-electron chi connectivity index (χ1n) is 27.5. The lowest BCUT2D eigenvalue weighted by Gasteiger charge is -2.21. The number of phosphoric acid groups is 1. The molecule has 0 aromatic rings. The normalized spacial score (nSPS) is 14.1. The minimum absolute atomic E-state index is 0.102. The average molecular weight is 1000 g/mol. The van der Waals surface area contributed by atoms with Crippen molar-refractivity contribution in [3.05, 3.63) is 85.1 Å². The number of unbranched alkanes of at least 4 members (excludes halogenated alkanes) is 19. The molecule has 0 bridgehead atoms. The summed E-state index contributed by atoms with van der Waals surface area (Å²) in [6.07, 6.45) is 58.6. The van der Waals surface area contributed by atoms with Crippen molar-refractivity contribution >= 4 is 25.7 Å². The molecular weight excluding hydrogens is 904 g/mol. The van der Waals surface area contributed by atoms with Crippen LogP contribution >= 0.6 is 7.82 Å². The number of phosphoric ester groups is 1. The van der Waals surface area contributed by atoms with E-state index in [1.807, 2.05) is 12.2 Å². The van der Waals surface area contributed by atoms with E-state index >= 15 is 0 Å². The molecule has 0 aliphatic heterocycles. The Morgan fingerprint density at radius 3 is 1.20 bits per heavy atom. The zero-order valence-electron chi connectivity index (χ0n) is 44.2. The highest BCUT2D eigenvalue weighted by atomic mass is 31.2. The smallest absolute Gasteiger partial charge is 0.462 e. The number of ether oxygens (including phenoxy) is 3. The van der Waals surface area contributed by atoms with Gasteiger partial charge in [-0.15, -0.1) is 0 Å². The third-order valence-electron chi connectivity index (χ3n) is 11.3. The molecule has 0 amide bonds. The van der Waals surface area contributed by atoms with E-state index in [0.717, 1.165) is 83.5 Å². The standard InChI is InChI=1S/C58H99O11P/c1-4-7-10-13-16-19-22-25-26-27-28-31-34-37-40-43-46-49-58(62)69-55(51-65-56(60)47-44-41-38-35-32-29-23-20-17-14-11-8-5-2)53-67-70(63,64)66-52-54(50-59)68-57(61)48-45-42-39-36-33-30-24-21-18-15-12-9-6-3/h8-9,11-12,17-18,20-21,29-30,32-33,38,41,54-55,59H,4-7,10,13-16,19,22-28,31,34-37,39-40,42-53H2,1-3H3,(H,63,64)/b11-8-,12-9-,20-17-,21-18-,32-29-,33-30-,41-38-. The third kappa shape index (κ3) is 49.6. The van der Waals surface area contributed by atoms with E-state index in [1.165, 1.54) is 83.5 Å². The fraction of sp³-hybridized carbons (Fsp3) is 0.707. The van der Waals surface area contributed by atoms with Crippen molar-refractivity contribution in [3.8, 4) is 0 Å².